The zero-order valence-corrected chi connectivity index (χ0v) is 7.88. The van der Waals surface area contributed by atoms with Crippen molar-refractivity contribution in [2.24, 2.45) is 0 Å². The molecule has 0 saturated heterocycles. The Morgan fingerprint density at radius 1 is 1.54 bits per heavy atom. The second-order valence-electron chi connectivity index (χ2n) is 3.05. The number of pyridine rings is 1. The summed E-state index contributed by atoms with van der Waals surface area (Å²) in [6, 6.07) is 1.42. The number of nitrogens with one attached hydrogen (secondary N) is 2. The van der Waals surface area contributed by atoms with Crippen LogP contribution < -0.4 is 11.0 Å². The molecule has 0 aliphatic rings. The topological polar surface area (TPSA) is 68.4 Å². The Morgan fingerprint density at radius 2 is 2.15 bits per heavy atom. The van der Waals surface area contributed by atoms with E-state index in [0.29, 0.717) is 11.3 Å². The molecule has 0 spiro atoms. The van der Waals surface area contributed by atoms with E-state index in [9.17, 15) is 9.90 Å². The normalized spacial score (nSPS) is 10.5. The van der Waals surface area contributed by atoms with Gasteiger partial charge in [0.1, 0.15) is 5.69 Å². The van der Waals surface area contributed by atoms with Crippen LogP contribution in [0.15, 0.2) is 10.9 Å². The largest absolute Gasteiger partial charge is 0.493 e. The minimum atomic E-state index is -0.306. The number of aromatic nitrogens is 1. The predicted octanol–water partition coefficient (Wildman–Crippen LogP) is 0.277. The zero-order chi connectivity index (χ0) is 10.0. The lowest BCUT2D eigenvalue weighted by molar-refractivity contribution is 0.439. The number of rotatable bonds is 2. The van der Waals surface area contributed by atoms with Crippen molar-refractivity contribution in [2.75, 3.05) is 19.5 Å². The van der Waals surface area contributed by atoms with E-state index in [1.165, 1.54) is 6.07 Å². The molecule has 5 nitrogen and oxygen atoms in total. The van der Waals surface area contributed by atoms with Gasteiger partial charge in [-0.1, -0.05) is 0 Å². The Morgan fingerprint density at radius 3 is 2.62 bits per heavy atom. The molecule has 3 N–H and O–H groups in total. The molecule has 1 aromatic rings. The van der Waals surface area contributed by atoms with Crippen LogP contribution in [-0.4, -0.2) is 29.2 Å². The molecule has 0 bridgehead atoms. The first-order valence-corrected chi connectivity index (χ1v) is 3.87. The fraction of sp³-hybridized carbons (Fsp3) is 0.375. The van der Waals surface area contributed by atoms with Crippen LogP contribution in [0.25, 0.3) is 0 Å². The molecule has 13 heavy (non-hydrogen) atoms. The number of H-pyrrole nitrogens is 1. The van der Waals surface area contributed by atoms with Crippen molar-refractivity contribution in [3.63, 3.8) is 0 Å². The minimum absolute atomic E-state index is 0.140. The van der Waals surface area contributed by atoms with E-state index in [1.54, 1.807) is 26.0 Å². The average molecular weight is 183 g/mol. The number of hydrazine groups is 1. The van der Waals surface area contributed by atoms with Gasteiger partial charge in [0.2, 0.25) is 5.88 Å². The molecule has 0 saturated carbocycles. The van der Waals surface area contributed by atoms with Gasteiger partial charge in [0.15, 0.2) is 0 Å². The number of aromatic hydroxyl groups is 1. The van der Waals surface area contributed by atoms with Gasteiger partial charge in [-0.15, -0.1) is 0 Å². The monoisotopic (exact) mass is 183 g/mol. The van der Waals surface area contributed by atoms with Crippen LogP contribution in [0.3, 0.4) is 0 Å². The number of aromatic amines is 1. The van der Waals surface area contributed by atoms with Crippen molar-refractivity contribution >= 4 is 5.69 Å². The van der Waals surface area contributed by atoms with Crippen molar-refractivity contribution in [1.29, 1.82) is 0 Å². The Kier molecular flexibility index (Phi) is 2.57. The van der Waals surface area contributed by atoms with Crippen molar-refractivity contribution < 1.29 is 5.11 Å². The smallest absolute Gasteiger partial charge is 0.251 e. The van der Waals surface area contributed by atoms with Gasteiger partial charge in [-0.3, -0.25) is 9.78 Å². The van der Waals surface area contributed by atoms with E-state index < -0.39 is 0 Å². The first kappa shape index (κ1) is 9.60. The lowest BCUT2D eigenvalue weighted by Gasteiger charge is -2.15. The van der Waals surface area contributed by atoms with Crippen molar-refractivity contribution in [3.05, 3.63) is 22.0 Å². The summed E-state index contributed by atoms with van der Waals surface area (Å²) in [5.74, 6) is -0.140. The number of aryl methyl sites for hydroxylation is 1. The third-order valence-electron chi connectivity index (χ3n) is 1.56. The molecule has 0 radical (unpaired) electrons. The van der Waals surface area contributed by atoms with E-state index in [2.05, 4.69) is 10.4 Å². The zero-order valence-electron chi connectivity index (χ0n) is 7.88. The maximum absolute atomic E-state index is 10.9. The molecule has 0 atom stereocenters. The van der Waals surface area contributed by atoms with Crippen LogP contribution >= 0.6 is 0 Å². The second-order valence-corrected chi connectivity index (χ2v) is 3.05. The van der Waals surface area contributed by atoms with Crippen molar-refractivity contribution in [1.82, 2.24) is 9.99 Å². The van der Waals surface area contributed by atoms with Crippen LogP contribution in [0.2, 0.25) is 0 Å². The fourth-order valence-corrected chi connectivity index (χ4v) is 1.04. The maximum Gasteiger partial charge on any atom is 0.251 e. The van der Waals surface area contributed by atoms with E-state index in [1.807, 2.05) is 0 Å². The second kappa shape index (κ2) is 3.49. The van der Waals surface area contributed by atoms with E-state index in [0.717, 1.165) is 0 Å². The summed E-state index contributed by atoms with van der Waals surface area (Å²) in [6.45, 7) is 1.75. The van der Waals surface area contributed by atoms with Crippen molar-refractivity contribution in [3.8, 4) is 5.88 Å². The number of hydrogen-bond acceptors (Lipinski definition) is 4. The number of anilines is 1. The maximum atomic E-state index is 10.9. The molecule has 5 heteroatoms. The van der Waals surface area contributed by atoms with Gasteiger partial charge in [0.25, 0.3) is 5.56 Å². The third kappa shape index (κ3) is 2.22. The summed E-state index contributed by atoms with van der Waals surface area (Å²) in [7, 11) is 3.59. The van der Waals surface area contributed by atoms with Crippen LogP contribution in [0, 0.1) is 6.92 Å². The van der Waals surface area contributed by atoms with Crippen LogP contribution in [0.5, 0.6) is 5.88 Å². The summed E-state index contributed by atoms with van der Waals surface area (Å²) >= 11 is 0. The number of nitrogens with zero attached hydrogens (tertiary/aromatic N) is 1. The minimum Gasteiger partial charge on any atom is -0.493 e. The molecule has 0 aliphatic heterocycles. The van der Waals surface area contributed by atoms with E-state index >= 15 is 0 Å². The molecule has 1 aromatic heterocycles. The van der Waals surface area contributed by atoms with Gasteiger partial charge in [-0.25, -0.2) is 5.01 Å². The molecule has 72 valence electrons. The lowest BCUT2D eigenvalue weighted by atomic mass is 10.2. The van der Waals surface area contributed by atoms with Gasteiger partial charge in [0.05, 0.1) is 0 Å². The van der Waals surface area contributed by atoms with Gasteiger partial charge < -0.3 is 10.5 Å². The SMILES string of the molecule is Cc1cc(=O)[nH]c(O)c1NN(C)C. The Labute approximate surface area is 76.0 Å². The fourth-order valence-electron chi connectivity index (χ4n) is 1.04. The quantitative estimate of drug-likeness (QED) is 0.576. The molecule has 1 rings (SSSR count). The first-order chi connectivity index (χ1) is 6.00. The average Bonchev–Trinajstić information content (AvgIpc) is 1.96. The standard InChI is InChI=1S/C8H13N3O2/c1-5-4-6(12)9-8(13)7(5)10-11(2)3/h4,10H,1-3H3,(H2,9,12,13). The highest BCUT2D eigenvalue weighted by molar-refractivity contribution is 5.56. The summed E-state index contributed by atoms with van der Waals surface area (Å²) in [5.41, 5.74) is 3.80. The molecule has 0 aliphatic carbocycles. The van der Waals surface area contributed by atoms with Crippen LogP contribution in [0.4, 0.5) is 5.69 Å². The van der Waals surface area contributed by atoms with E-state index in [4.69, 9.17) is 0 Å². The Bertz CT molecular complexity index is 331. The molecule has 0 unspecified atom stereocenters. The molecular weight excluding hydrogens is 170 g/mol. The molecule has 0 amide bonds. The summed E-state index contributed by atoms with van der Waals surface area (Å²) in [5, 5.41) is 11.1. The highest BCUT2D eigenvalue weighted by atomic mass is 16.3. The Hall–Kier alpha value is -1.49. The Balaban J connectivity index is 3.13. The first-order valence-electron chi connectivity index (χ1n) is 3.87. The molecule has 1 heterocycles. The third-order valence-corrected chi connectivity index (χ3v) is 1.56. The molecule has 0 aromatic carbocycles. The lowest BCUT2D eigenvalue weighted by Crippen LogP contribution is -2.21. The highest BCUT2D eigenvalue weighted by Crippen LogP contribution is 2.21. The predicted molar refractivity (Wildman–Crippen MR) is 50.8 cm³/mol. The molecular formula is C8H13N3O2. The molecule has 0 fully saturated rings. The van der Waals surface area contributed by atoms with Gasteiger partial charge in [0, 0.05) is 20.2 Å². The van der Waals surface area contributed by atoms with E-state index in [-0.39, 0.29) is 11.4 Å². The summed E-state index contributed by atoms with van der Waals surface area (Å²) in [6.07, 6.45) is 0. The van der Waals surface area contributed by atoms with Gasteiger partial charge in [-0.05, 0) is 12.5 Å². The van der Waals surface area contributed by atoms with Crippen LogP contribution in [-0.2, 0) is 0 Å². The van der Waals surface area contributed by atoms with Crippen LogP contribution in [0.1, 0.15) is 5.56 Å². The number of hydrogen-bond donors (Lipinski definition) is 3. The van der Waals surface area contributed by atoms with Crippen molar-refractivity contribution in [2.45, 2.75) is 6.92 Å². The summed E-state index contributed by atoms with van der Waals surface area (Å²) in [4.78, 5) is 13.2. The summed E-state index contributed by atoms with van der Waals surface area (Å²) < 4.78 is 0. The van der Waals surface area contributed by atoms with Gasteiger partial charge in [-0.2, -0.15) is 0 Å². The van der Waals surface area contributed by atoms with Gasteiger partial charge >= 0.3 is 0 Å². The highest BCUT2D eigenvalue weighted by Gasteiger charge is 2.06.